The van der Waals surface area contributed by atoms with Crippen molar-refractivity contribution in [2.24, 2.45) is 0 Å². The minimum absolute atomic E-state index is 0.00733. The Morgan fingerprint density at radius 2 is 1.73 bits per heavy atom. The molecular formula is C25H32N2O3. The van der Waals surface area contributed by atoms with E-state index in [0.29, 0.717) is 18.7 Å². The predicted molar refractivity (Wildman–Crippen MR) is 119 cm³/mol. The lowest BCUT2D eigenvalue weighted by Gasteiger charge is -2.25. The van der Waals surface area contributed by atoms with Crippen LogP contribution in [0.1, 0.15) is 68.1 Å². The molecule has 0 radical (unpaired) electrons. The molecule has 1 heterocycles. The third kappa shape index (κ3) is 5.21. The van der Waals surface area contributed by atoms with Crippen LogP contribution in [0, 0.1) is 0 Å². The van der Waals surface area contributed by atoms with E-state index in [1.54, 1.807) is 0 Å². The van der Waals surface area contributed by atoms with Crippen LogP contribution in [0.25, 0.3) is 0 Å². The molecule has 2 amide bonds. The molecule has 5 nitrogen and oxygen atoms in total. The second-order valence-corrected chi connectivity index (χ2v) is 8.76. The topological polar surface area (TPSA) is 58.6 Å². The fourth-order valence-corrected chi connectivity index (χ4v) is 3.85. The molecule has 30 heavy (non-hydrogen) atoms. The Morgan fingerprint density at radius 1 is 1.07 bits per heavy atom. The van der Waals surface area contributed by atoms with Gasteiger partial charge in [0.15, 0.2) is 0 Å². The first-order valence-corrected chi connectivity index (χ1v) is 10.7. The molecule has 1 unspecified atom stereocenters. The minimum atomic E-state index is -0.222. The van der Waals surface area contributed by atoms with Gasteiger partial charge in [0.25, 0.3) is 5.91 Å². The van der Waals surface area contributed by atoms with Crippen LogP contribution in [-0.4, -0.2) is 36.4 Å². The molecule has 1 atom stereocenters. The van der Waals surface area contributed by atoms with Crippen LogP contribution in [-0.2, 0) is 10.2 Å². The largest absolute Gasteiger partial charge is 0.494 e. The Morgan fingerprint density at radius 3 is 2.33 bits per heavy atom. The van der Waals surface area contributed by atoms with E-state index in [1.807, 2.05) is 60.4 Å². The third-order valence-corrected chi connectivity index (χ3v) is 5.56. The van der Waals surface area contributed by atoms with Crippen molar-refractivity contribution in [1.82, 2.24) is 10.2 Å². The molecule has 0 bridgehead atoms. The summed E-state index contributed by atoms with van der Waals surface area (Å²) in [6.07, 6.45) is 1.90. The van der Waals surface area contributed by atoms with Crippen LogP contribution >= 0.6 is 0 Å². The number of likely N-dealkylation sites (tertiary alicyclic amines) is 1. The zero-order chi connectivity index (χ0) is 21.7. The van der Waals surface area contributed by atoms with Gasteiger partial charge in [0.2, 0.25) is 5.91 Å². The standard InChI is InChI=1S/C25H32N2O3/c1-5-30-21-14-10-18(11-15-21)22-7-6-16-27(22)23(28)17-26-24(29)19-8-12-20(13-9-19)25(2,3)4/h8-15,22H,5-7,16-17H2,1-4H3,(H,26,29). The lowest BCUT2D eigenvalue weighted by Crippen LogP contribution is -2.39. The van der Waals surface area contributed by atoms with Gasteiger partial charge in [-0.25, -0.2) is 0 Å². The van der Waals surface area contributed by atoms with Crippen molar-refractivity contribution in [1.29, 1.82) is 0 Å². The van der Waals surface area contributed by atoms with Crippen molar-refractivity contribution in [3.63, 3.8) is 0 Å². The number of carbonyl (C=O) groups is 2. The van der Waals surface area contributed by atoms with Gasteiger partial charge in [-0.1, -0.05) is 45.0 Å². The van der Waals surface area contributed by atoms with Gasteiger partial charge in [0.05, 0.1) is 19.2 Å². The molecule has 0 spiro atoms. The molecule has 1 saturated heterocycles. The number of hydrogen-bond acceptors (Lipinski definition) is 3. The van der Waals surface area contributed by atoms with Gasteiger partial charge in [0.1, 0.15) is 5.75 Å². The van der Waals surface area contributed by atoms with Crippen LogP contribution in [0.2, 0.25) is 0 Å². The highest BCUT2D eigenvalue weighted by molar-refractivity contribution is 5.96. The summed E-state index contributed by atoms with van der Waals surface area (Å²) in [5, 5.41) is 2.78. The fraction of sp³-hybridized carbons (Fsp3) is 0.440. The normalized spacial score (nSPS) is 16.4. The van der Waals surface area contributed by atoms with E-state index >= 15 is 0 Å². The first kappa shape index (κ1) is 21.9. The molecular weight excluding hydrogens is 376 g/mol. The zero-order valence-corrected chi connectivity index (χ0v) is 18.4. The van der Waals surface area contributed by atoms with Crippen LogP contribution < -0.4 is 10.1 Å². The summed E-state index contributed by atoms with van der Waals surface area (Å²) in [4.78, 5) is 27.2. The van der Waals surface area contributed by atoms with E-state index in [2.05, 4.69) is 26.1 Å². The van der Waals surface area contributed by atoms with Crippen molar-refractivity contribution < 1.29 is 14.3 Å². The number of amides is 2. The third-order valence-electron chi connectivity index (χ3n) is 5.56. The molecule has 2 aromatic carbocycles. The van der Waals surface area contributed by atoms with Gasteiger partial charge in [-0.2, -0.15) is 0 Å². The summed E-state index contributed by atoms with van der Waals surface area (Å²) in [6.45, 7) is 9.72. The predicted octanol–water partition coefficient (Wildman–Crippen LogP) is 4.48. The Bertz CT molecular complexity index is 867. The van der Waals surface area contributed by atoms with E-state index in [0.717, 1.165) is 24.2 Å². The summed E-state index contributed by atoms with van der Waals surface area (Å²) < 4.78 is 5.50. The van der Waals surface area contributed by atoms with E-state index in [1.165, 1.54) is 5.56 Å². The minimum Gasteiger partial charge on any atom is -0.494 e. The van der Waals surface area contributed by atoms with E-state index in [-0.39, 0.29) is 29.8 Å². The van der Waals surface area contributed by atoms with Gasteiger partial charge in [-0.3, -0.25) is 9.59 Å². The quantitative estimate of drug-likeness (QED) is 0.767. The number of rotatable bonds is 6. The maximum atomic E-state index is 12.8. The molecule has 1 aliphatic heterocycles. The van der Waals surface area contributed by atoms with Crippen molar-refractivity contribution in [2.75, 3.05) is 19.7 Å². The van der Waals surface area contributed by atoms with E-state index in [9.17, 15) is 9.59 Å². The number of carbonyl (C=O) groups excluding carboxylic acids is 2. The number of nitrogens with zero attached hydrogens (tertiary/aromatic N) is 1. The maximum Gasteiger partial charge on any atom is 0.251 e. The smallest absolute Gasteiger partial charge is 0.251 e. The maximum absolute atomic E-state index is 12.8. The summed E-state index contributed by atoms with van der Waals surface area (Å²) in [5.41, 5.74) is 2.88. The second kappa shape index (κ2) is 9.33. The second-order valence-electron chi connectivity index (χ2n) is 8.76. The van der Waals surface area contributed by atoms with Crippen molar-refractivity contribution in [2.45, 2.75) is 52.0 Å². The molecule has 2 aromatic rings. The van der Waals surface area contributed by atoms with Gasteiger partial charge in [-0.05, 0) is 60.6 Å². The van der Waals surface area contributed by atoms with E-state index in [4.69, 9.17) is 4.74 Å². The van der Waals surface area contributed by atoms with Crippen LogP contribution in [0.15, 0.2) is 48.5 Å². The molecule has 0 saturated carbocycles. The van der Waals surface area contributed by atoms with Crippen molar-refractivity contribution in [3.05, 3.63) is 65.2 Å². The van der Waals surface area contributed by atoms with Crippen LogP contribution in [0.3, 0.4) is 0 Å². The molecule has 5 heteroatoms. The van der Waals surface area contributed by atoms with Gasteiger partial charge >= 0.3 is 0 Å². The Labute approximate surface area is 179 Å². The molecule has 0 aliphatic carbocycles. The zero-order valence-electron chi connectivity index (χ0n) is 18.4. The highest BCUT2D eigenvalue weighted by atomic mass is 16.5. The van der Waals surface area contributed by atoms with Crippen LogP contribution in [0.5, 0.6) is 5.75 Å². The molecule has 3 rings (SSSR count). The van der Waals surface area contributed by atoms with E-state index < -0.39 is 0 Å². The van der Waals surface area contributed by atoms with Crippen LogP contribution in [0.4, 0.5) is 0 Å². The Balaban J connectivity index is 1.58. The first-order chi connectivity index (χ1) is 14.3. The Hall–Kier alpha value is -2.82. The fourth-order valence-electron chi connectivity index (χ4n) is 3.85. The molecule has 1 aliphatic rings. The van der Waals surface area contributed by atoms with Gasteiger partial charge < -0.3 is 15.0 Å². The molecule has 1 N–H and O–H groups in total. The molecule has 0 aromatic heterocycles. The summed E-state index contributed by atoms with van der Waals surface area (Å²) in [7, 11) is 0. The van der Waals surface area contributed by atoms with Crippen molar-refractivity contribution in [3.8, 4) is 5.75 Å². The Kier molecular flexibility index (Phi) is 6.80. The molecule has 1 fully saturated rings. The average molecular weight is 409 g/mol. The first-order valence-electron chi connectivity index (χ1n) is 10.7. The number of nitrogens with one attached hydrogen (secondary N) is 1. The summed E-state index contributed by atoms with van der Waals surface area (Å²) >= 11 is 0. The lowest BCUT2D eigenvalue weighted by molar-refractivity contribution is -0.131. The van der Waals surface area contributed by atoms with Crippen molar-refractivity contribution >= 4 is 11.8 Å². The van der Waals surface area contributed by atoms with Gasteiger partial charge in [0, 0.05) is 12.1 Å². The number of hydrogen-bond donors (Lipinski definition) is 1. The molecule has 160 valence electrons. The monoisotopic (exact) mass is 408 g/mol. The highest BCUT2D eigenvalue weighted by Crippen LogP contribution is 2.32. The average Bonchev–Trinajstić information content (AvgIpc) is 3.22. The lowest BCUT2D eigenvalue weighted by atomic mass is 9.87. The highest BCUT2D eigenvalue weighted by Gasteiger charge is 2.30. The SMILES string of the molecule is CCOc1ccc(C2CCCN2C(=O)CNC(=O)c2ccc(C(C)(C)C)cc2)cc1. The number of benzene rings is 2. The summed E-state index contributed by atoms with van der Waals surface area (Å²) in [6, 6.07) is 15.6. The van der Waals surface area contributed by atoms with Gasteiger partial charge in [-0.15, -0.1) is 0 Å². The summed E-state index contributed by atoms with van der Waals surface area (Å²) in [5.74, 6) is 0.563. The number of ether oxygens (including phenoxy) is 1.